The van der Waals surface area contributed by atoms with Crippen molar-refractivity contribution in [3.63, 3.8) is 0 Å². The Morgan fingerprint density at radius 1 is 1.35 bits per heavy atom. The molecule has 0 aromatic carbocycles. The number of rotatable bonds is 4. The van der Waals surface area contributed by atoms with E-state index in [0.717, 1.165) is 0 Å². The number of hydrogen-bond donors (Lipinski definition) is 2. The van der Waals surface area contributed by atoms with Crippen LogP contribution in [-0.2, 0) is 11.2 Å². The van der Waals surface area contributed by atoms with Crippen molar-refractivity contribution in [3.8, 4) is 0 Å². The monoisotopic (exact) mass is 288 g/mol. The van der Waals surface area contributed by atoms with Crippen LogP contribution in [0, 0.1) is 0 Å². The van der Waals surface area contributed by atoms with Crippen LogP contribution in [0.25, 0.3) is 0 Å². The number of aromatic nitrogens is 2. The molecular formula is C12H18F2N4O2. The minimum atomic E-state index is -3.00. The van der Waals surface area contributed by atoms with Crippen molar-refractivity contribution < 1.29 is 18.3 Å². The summed E-state index contributed by atoms with van der Waals surface area (Å²) >= 11 is 0. The van der Waals surface area contributed by atoms with Crippen molar-refractivity contribution >= 4 is 12.0 Å². The van der Waals surface area contributed by atoms with Gasteiger partial charge < -0.3 is 10.5 Å². The summed E-state index contributed by atoms with van der Waals surface area (Å²) in [5.41, 5.74) is 4.53. The SMILES string of the molecule is CC(C)(C)OC(=O)Nc1ncc(CC(F)(F)CN)cn1. The zero-order chi connectivity index (χ0) is 15.4. The molecule has 0 aliphatic heterocycles. The number of alkyl halides is 2. The number of carbonyl (C=O) groups excluding carboxylic acids is 1. The molecule has 1 aromatic heterocycles. The zero-order valence-electron chi connectivity index (χ0n) is 11.6. The summed E-state index contributed by atoms with van der Waals surface area (Å²) in [7, 11) is 0. The van der Waals surface area contributed by atoms with Crippen LogP contribution < -0.4 is 11.1 Å². The van der Waals surface area contributed by atoms with E-state index in [4.69, 9.17) is 10.5 Å². The molecule has 0 saturated carbocycles. The Morgan fingerprint density at radius 3 is 2.35 bits per heavy atom. The first kappa shape index (κ1) is 16.2. The molecule has 0 spiro atoms. The zero-order valence-corrected chi connectivity index (χ0v) is 11.6. The smallest absolute Gasteiger partial charge is 0.414 e. The molecule has 0 radical (unpaired) electrons. The van der Waals surface area contributed by atoms with Crippen LogP contribution in [0.15, 0.2) is 12.4 Å². The Morgan fingerprint density at radius 2 is 1.90 bits per heavy atom. The molecule has 112 valence electrons. The summed E-state index contributed by atoms with van der Waals surface area (Å²) in [6.45, 7) is 4.40. The van der Waals surface area contributed by atoms with E-state index in [9.17, 15) is 13.6 Å². The largest absolute Gasteiger partial charge is 0.444 e. The molecule has 0 saturated heterocycles. The molecule has 0 aliphatic carbocycles. The van der Waals surface area contributed by atoms with Crippen LogP contribution in [0.2, 0.25) is 0 Å². The molecule has 6 nitrogen and oxygen atoms in total. The van der Waals surface area contributed by atoms with Gasteiger partial charge in [-0.2, -0.15) is 0 Å². The standard InChI is InChI=1S/C12H18F2N4O2/c1-11(2,3)20-10(19)18-9-16-5-8(6-17-9)4-12(13,14)7-15/h5-6H,4,7,15H2,1-3H3,(H,16,17,18,19). The number of hydrogen-bond acceptors (Lipinski definition) is 5. The van der Waals surface area contributed by atoms with E-state index in [2.05, 4.69) is 15.3 Å². The third kappa shape index (κ3) is 5.87. The molecule has 20 heavy (non-hydrogen) atoms. The van der Waals surface area contributed by atoms with Crippen LogP contribution in [0.3, 0.4) is 0 Å². The van der Waals surface area contributed by atoms with Gasteiger partial charge in [-0.1, -0.05) is 0 Å². The molecule has 3 N–H and O–H groups in total. The van der Waals surface area contributed by atoms with E-state index in [-0.39, 0.29) is 11.5 Å². The van der Waals surface area contributed by atoms with Crippen LogP contribution in [0.4, 0.5) is 19.5 Å². The van der Waals surface area contributed by atoms with Gasteiger partial charge in [-0.3, -0.25) is 5.32 Å². The molecule has 1 rings (SSSR count). The first-order valence-corrected chi connectivity index (χ1v) is 6.00. The van der Waals surface area contributed by atoms with Gasteiger partial charge >= 0.3 is 6.09 Å². The lowest BCUT2D eigenvalue weighted by atomic mass is 10.1. The quantitative estimate of drug-likeness (QED) is 0.884. The number of halogens is 2. The Hall–Kier alpha value is -1.83. The maximum absolute atomic E-state index is 13.1. The first-order chi connectivity index (χ1) is 9.11. The Labute approximate surface area is 115 Å². The van der Waals surface area contributed by atoms with Crippen LogP contribution in [-0.4, -0.2) is 34.1 Å². The second-order valence-electron chi connectivity index (χ2n) is 5.28. The predicted molar refractivity (Wildman–Crippen MR) is 69.6 cm³/mol. The topological polar surface area (TPSA) is 90.1 Å². The van der Waals surface area contributed by atoms with Crippen molar-refractivity contribution in [2.45, 2.75) is 38.7 Å². The number of nitrogens with zero attached hydrogens (tertiary/aromatic N) is 2. The lowest BCUT2D eigenvalue weighted by molar-refractivity contribution is 0.0113. The number of carbonyl (C=O) groups is 1. The van der Waals surface area contributed by atoms with Gasteiger partial charge in [-0.25, -0.2) is 23.5 Å². The van der Waals surface area contributed by atoms with Crippen molar-refractivity contribution in [1.29, 1.82) is 0 Å². The highest BCUT2D eigenvalue weighted by Gasteiger charge is 2.27. The Balaban J connectivity index is 2.61. The van der Waals surface area contributed by atoms with Gasteiger partial charge in [0.1, 0.15) is 5.60 Å². The molecule has 8 heteroatoms. The number of amides is 1. The van der Waals surface area contributed by atoms with Crippen LogP contribution >= 0.6 is 0 Å². The lowest BCUT2D eigenvalue weighted by Crippen LogP contribution is -2.30. The maximum atomic E-state index is 13.1. The first-order valence-electron chi connectivity index (χ1n) is 6.00. The Bertz CT molecular complexity index is 458. The fourth-order valence-electron chi connectivity index (χ4n) is 1.28. The summed E-state index contributed by atoms with van der Waals surface area (Å²) in [4.78, 5) is 19.0. The van der Waals surface area contributed by atoms with E-state index in [1.807, 2.05) is 0 Å². The molecule has 0 bridgehead atoms. The van der Waals surface area contributed by atoms with Crippen LogP contribution in [0.1, 0.15) is 26.3 Å². The molecule has 0 unspecified atom stereocenters. The van der Waals surface area contributed by atoms with Crippen molar-refractivity contribution in [2.24, 2.45) is 5.73 Å². The molecule has 0 atom stereocenters. The van der Waals surface area contributed by atoms with E-state index in [0.29, 0.717) is 0 Å². The molecule has 1 heterocycles. The van der Waals surface area contributed by atoms with Crippen molar-refractivity contribution in [2.75, 3.05) is 11.9 Å². The molecule has 0 fully saturated rings. The summed E-state index contributed by atoms with van der Waals surface area (Å²) in [5.74, 6) is -3.01. The highest BCUT2D eigenvalue weighted by molar-refractivity contribution is 5.82. The predicted octanol–water partition coefficient (Wildman–Crippen LogP) is 1.96. The number of nitrogens with two attached hydrogens (primary N) is 1. The van der Waals surface area contributed by atoms with Crippen molar-refractivity contribution in [3.05, 3.63) is 18.0 Å². The number of nitrogens with one attached hydrogen (secondary N) is 1. The second-order valence-corrected chi connectivity index (χ2v) is 5.28. The summed E-state index contributed by atoms with van der Waals surface area (Å²) in [5, 5.41) is 2.31. The van der Waals surface area contributed by atoms with Gasteiger partial charge in [0.05, 0.1) is 6.54 Å². The van der Waals surface area contributed by atoms with E-state index >= 15 is 0 Å². The minimum absolute atomic E-state index is 0.0148. The average Bonchev–Trinajstić information content (AvgIpc) is 2.29. The highest BCUT2D eigenvalue weighted by atomic mass is 19.3. The van der Waals surface area contributed by atoms with E-state index < -0.39 is 30.6 Å². The number of ether oxygens (including phenoxy) is 1. The third-order valence-electron chi connectivity index (χ3n) is 2.08. The average molecular weight is 288 g/mol. The lowest BCUT2D eigenvalue weighted by Gasteiger charge is -2.19. The fourth-order valence-corrected chi connectivity index (χ4v) is 1.28. The summed E-state index contributed by atoms with van der Waals surface area (Å²) in [6, 6.07) is 0. The van der Waals surface area contributed by atoms with Gasteiger partial charge in [-0.05, 0) is 26.3 Å². The summed E-state index contributed by atoms with van der Waals surface area (Å²) in [6.07, 6.45) is 1.17. The van der Waals surface area contributed by atoms with Gasteiger partial charge in [0.25, 0.3) is 5.92 Å². The summed E-state index contributed by atoms with van der Waals surface area (Å²) < 4.78 is 31.1. The van der Waals surface area contributed by atoms with E-state index in [1.165, 1.54) is 12.4 Å². The Kier molecular flexibility index (Phi) is 4.93. The van der Waals surface area contributed by atoms with Gasteiger partial charge in [0, 0.05) is 18.8 Å². The molecule has 0 aliphatic rings. The third-order valence-corrected chi connectivity index (χ3v) is 2.08. The van der Waals surface area contributed by atoms with Gasteiger partial charge in [-0.15, -0.1) is 0 Å². The van der Waals surface area contributed by atoms with Crippen molar-refractivity contribution in [1.82, 2.24) is 9.97 Å². The maximum Gasteiger partial charge on any atom is 0.414 e. The number of anilines is 1. The fraction of sp³-hybridized carbons (Fsp3) is 0.583. The van der Waals surface area contributed by atoms with Gasteiger partial charge in [0.2, 0.25) is 5.95 Å². The molecular weight excluding hydrogens is 270 g/mol. The normalized spacial score (nSPS) is 12.1. The van der Waals surface area contributed by atoms with Crippen LogP contribution in [0.5, 0.6) is 0 Å². The minimum Gasteiger partial charge on any atom is -0.444 e. The second kappa shape index (κ2) is 6.08. The molecule has 1 aromatic rings. The van der Waals surface area contributed by atoms with E-state index in [1.54, 1.807) is 20.8 Å². The van der Waals surface area contributed by atoms with Gasteiger partial charge in [0.15, 0.2) is 0 Å². The highest BCUT2D eigenvalue weighted by Crippen LogP contribution is 2.18. The molecule has 1 amide bonds.